The smallest absolute Gasteiger partial charge is 0.315 e. The van der Waals surface area contributed by atoms with E-state index in [4.69, 9.17) is 28.4 Å². The number of rotatable bonds is 60. The minimum Gasteiger partial charge on any atom is -0.463 e. The van der Waals surface area contributed by atoms with Gasteiger partial charge in [0.25, 0.3) is 0 Å². The van der Waals surface area contributed by atoms with Crippen molar-refractivity contribution in [2.75, 3.05) is 111 Å². The summed E-state index contributed by atoms with van der Waals surface area (Å²) in [5, 5.41) is 6.42. The van der Waals surface area contributed by atoms with Crippen LogP contribution in [0.1, 0.15) is 245 Å². The predicted octanol–water partition coefficient (Wildman–Crippen LogP) is 15.7. The number of unbranched alkanes of at least 4 members (excludes halogenated alkanes) is 31. The highest BCUT2D eigenvalue weighted by molar-refractivity contribution is 8.76. The molecule has 1 unspecified atom stereocenters. The predicted molar refractivity (Wildman–Crippen MR) is 324 cm³/mol. The summed E-state index contributed by atoms with van der Waals surface area (Å²) in [5.41, 5.74) is 0. The maximum atomic E-state index is 12.1. The number of ether oxygens (including phenoxy) is 6. The van der Waals surface area contributed by atoms with Crippen LogP contribution in [0.15, 0.2) is 0 Å². The Morgan fingerprint density at radius 1 is 0.533 bits per heavy atom. The minimum atomic E-state index is -0.180. The van der Waals surface area contributed by atoms with Gasteiger partial charge in [-0.15, -0.1) is 0 Å². The Bertz CT molecular complexity index is 1260. The van der Waals surface area contributed by atoms with Gasteiger partial charge in [-0.05, 0) is 25.7 Å². The van der Waals surface area contributed by atoms with Crippen molar-refractivity contribution < 1.29 is 42.5 Å². The number of nitrogens with one attached hydrogen (secondary N) is 2. The number of esters is 1. The largest absolute Gasteiger partial charge is 0.463 e. The first-order chi connectivity index (χ1) is 36.8. The van der Waals surface area contributed by atoms with Crippen molar-refractivity contribution >= 4 is 45.4 Å². The van der Waals surface area contributed by atoms with Crippen molar-refractivity contribution in [3.05, 3.63) is 0 Å². The molecule has 0 aliphatic carbocycles. The molecule has 0 aromatic carbocycles. The molecule has 4 atom stereocenters. The highest BCUT2D eigenvalue weighted by atomic mass is 33.1. The van der Waals surface area contributed by atoms with Crippen molar-refractivity contribution in [1.29, 1.82) is 0 Å². The summed E-state index contributed by atoms with van der Waals surface area (Å²) in [6, 6.07) is 0.401. The number of fused-ring (bicyclic) bond motifs is 1. The molecule has 2 fully saturated rings. The highest BCUT2D eigenvalue weighted by Gasteiger charge is 2.42. The zero-order valence-corrected chi connectivity index (χ0v) is 51.8. The summed E-state index contributed by atoms with van der Waals surface area (Å²) < 4.78 is 36.2. The third-order valence-electron chi connectivity index (χ3n) is 15.0. The molecule has 14 heteroatoms. The number of carbonyl (C=O) groups is 2. The Balaban J connectivity index is 1.46. The van der Waals surface area contributed by atoms with Crippen LogP contribution < -0.4 is 10.6 Å². The molecule has 11 nitrogen and oxygen atoms in total. The van der Waals surface area contributed by atoms with Gasteiger partial charge in [0.2, 0.25) is 0 Å². The normalized spacial score (nSPS) is 16.9. The summed E-state index contributed by atoms with van der Waals surface area (Å²) in [5.74, 6) is 2.84. The van der Waals surface area contributed by atoms with E-state index in [0.717, 1.165) is 73.7 Å². The third kappa shape index (κ3) is 44.9. The van der Waals surface area contributed by atoms with Crippen LogP contribution in [0.2, 0.25) is 0 Å². The van der Waals surface area contributed by atoms with Gasteiger partial charge in [0, 0.05) is 36.4 Å². The molecular formula is C61H120N3O8S3+. The van der Waals surface area contributed by atoms with Crippen LogP contribution >= 0.6 is 33.3 Å². The standard InChI is InChI=1S/C61H119N3O8S3/c1-5-7-9-11-13-15-17-19-21-23-25-27-29-31-33-37-43-70-53-56(71-44-38-34-32-30-28-26-24-22-20-18-16-14-12-10-8-6-2)54-75-74-52-42-64(3,4)41-45-67-46-47-68-48-49-69-50-51-72-59(65)40-36-35-39-58-60-57(55-73-58)62-61(66)63-60/h56-58,60H,5-55H2,1-4H3,(H-,62,63,66)/p+1/t56?,57-,58-,60-/m0/s1. The van der Waals surface area contributed by atoms with Gasteiger partial charge in [0.15, 0.2) is 0 Å². The molecule has 444 valence electrons. The molecule has 0 saturated carbocycles. The van der Waals surface area contributed by atoms with Crippen molar-refractivity contribution in [3.63, 3.8) is 0 Å². The zero-order valence-electron chi connectivity index (χ0n) is 49.3. The van der Waals surface area contributed by atoms with Gasteiger partial charge in [-0.3, -0.25) is 4.79 Å². The van der Waals surface area contributed by atoms with Crippen LogP contribution in [0.5, 0.6) is 0 Å². The van der Waals surface area contributed by atoms with E-state index in [0.29, 0.717) is 57.9 Å². The number of likely N-dealkylation sites (N-methyl/N-ethyl adjacent to an activating group) is 1. The van der Waals surface area contributed by atoms with Gasteiger partial charge in [-0.2, -0.15) is 11.8 Å². The van der Waals surface area contributed by atoms with Crippen LogP contribution in [0.25, 0.3) is 0 Å². The molecule has 2 amide bonds. The van der Waals surface area contributed by atoms with Gasteiger partial charge in [0.05, 0.1) is 90.8 Å². The number of thioether (sulfide) groups is 1. The van der Waals surface area contributed by atoms with Crippen LogP contribution in [0.3, 0.4) is 0 Å². The van der Waals surface area contributed by atoms with Gasteiger partial charge < -0.3 is 43.5 Å². The van der Waals surface area contributed by atoms with E-state index in [1.54, 1.807) is 0 Å². The average molecular weight is 1120 g/mol. The number of quaternary nitrogens is 1. The fourth-order valence-electron chi connectivity index (χ4n) is 9.99. The molecule has 0 radical (unpaired) electrons. The molecule has 2 rings (SSSR count). The zero-order chi connectivity index (χ0) is 53.8. The van der Waals surface area contributed by atoms with Crippen LogP contribution in [0, 0.1) is 0 Å². The van der Waals surface area contributed by atoms with Gasteiger partial charge in [-0.1, -0.05) is 234 Å². The fraction of sp³-hybridized carbons (Fsp3) is 0.967. The van der Waals surface area contributed by atoms with Crippen LogP contribution in [0.4, 0.5) is 4.79 Å². The molecule has 2 heterocycles. The van der Waals surface area contributed by atoms with E-state index in [1.165, 1.54) is 199 Å². The Kier molecular flexibility index (Phi) is 49.8. The number of nitrogens with zero attached hydrogens (tertiary/aromatic N) is 1. The van der Waals surface area contributed by atoms with E-state index in [9.17, 15) is 9.59 Å². The number of hydrogen-bond donors (Lipinski definition) is 2. The molecular weight excluding hydrogens is 999 g/mol. The first-order valence-electron chi connectivity index (χ1n) is 31.7. The maximum Gasteiger partial charge on any atom is 0.315 e. The maximum absolute atomic E-state index is 12.1. The van der Waals surface area contributed by atoms with Crippen LogP contribution in [-0.4, -0.2) is 150 Å². The van der Waals surface area contributed by atoms with E-state index in [1.807, 2.05) is 33.3 Å². The highest BCUT2D eigenvalue weighted by Crippen LogP contribution is 2.33. The Morgan fingerprint density at radius 2 is 1.00 bits per heavy atom. The summed E-state index contributed by atoms with van der Waals surface area (Å²) in [6.07, 6.45) is 47.8. The molecule has 2 aliphatic rings. The van der Waals surface area contributed by atoms with Crippen molar-refractivity contribution in [3.8, 4) is 0 Å². The van der Waals surface area contributed by atoms with Gasteiger partial charge in [-0.25, -0.2) is 4.79 Å². The summed E-state index contributed by atoms with van der Waals surface area (Å²) >= 11 is 1.91. The first kappa shape index (κ1) is 70.7. The lowest BCUT2D eigenvalue weighted by atomic mass is 10.0. The number of carbonyl (C=O) groups excluding carboxylic acids is 2. The first-order valence-corrected chi connectivity index (χ1v) is 35.2. The molecule has 0 spiro atoms. The van der Waals surface area contributed by atoms with Crippen molar-refractivity contribution in [2.24, 2.45) is 0 Å². The monoisotopic (exact) mass is 1120 g/mol. The van der Waals surface area contributed by atoms with E-state index in [2.05, 4.69) is 38.6 Å². The third-order valence-corrected chi connectivity index (χ3v) is 19.0. The fourth-order valence-corrected chi connectivity index (χ4v) is 14.0. The molecule has 2 saturated heterocycles. The molecule has 75 heavy (non-hydrogen) atoms. The molecule has 0 aromatic rings. The Morgan fingerprint density at radius 3 is 1.52 bits per heavy atom. The van der Waals surface area contributed by atoms with Crippen molar-refractivity contribution in [2.45, 2.75) is 268 Å². The average Bonchev–Trinajstić information content (AvgIpc) is 3.96. The molecule has 2 N–H and O–H groups in total. The van der Waals surface area contributed by atoms with E-state index < -0.39 is 0 Å². The van der Waals surface area contributed by atoms with Gasteiger partial charge >= 0.3 is 12.0 Å². The number of hydrogen-bond acceptors (Lipinski definition) is 11. The number of amides is 2. The summed E-state index contributed by atoms with van der Waals surface area (Å²) in [4.78, 5) is 23.7. The molecule has 0 aromatic heterocycles. The summed E-state index contributed by atoms with van der Waals surface area (Å²) in [6.45, 7) is 12.5. The lowest BCUT2D eigenvalue weighted by Gasteiger charge is -2.29. The lowest BCUT2D eigenvalue weighted by molar-refractivity contribution is -0.888. The topological polar surface area (TPSA) is 114 Å². The quantitative estimate of drug-likeness (QED) is 0.0200. The van der Waals surface area contributed by atoms with Crippen molar-refractivity contribution in [1.82, 2.24) is 10.6 Å². The SMILES string of the molecule is CCCCCCCCCCCCCCCCCCOCC(CSSCC[N+](C)(C)CCOCCOCCOCCOC(=O)CCCC[C@@H]1SC[C@@H]2NC(=O)N[C@@H]21)OCCCCCCCCCCCCCCCCCC. The second-order valence-electron chi connectivity index (χ2n) is 22.6. The molecule has 0 bridgehead atoms. The van der Waals surface area contributed by atoms with E-state index in [-0.39, 0.29) is 36.8 Å². The Labute approximate surface area is 474 Å². The van der Waals surface area contributed by atoms with Gasteiger partial charge in [0.1, 0.15) is 13.2 Å². The summed E-state index contributed by atoms with van der Waals surface area (Å²) in [7, 11) is 8.49. The lowest BCUT2D eigenvalue weighted by Crippen LogP contribution is -2.44. The molecule has 2 aliphatic heterocycles. The van der Waals surface area contributed by atoms with E-state index >= 15 is 0 Å². The Hall–Kier alpha value is -0.450. The number of urea groups is 1. The van der Waals surface area contributed by atoms with Crippen LogP contribution in [-0.2, 0) is 33.2 Å². The second-order valence-corrected chi connectivity index (χ2v) is 26.5. The second kappa shape index (κ2) is 52.9. The minimum absolute atomic E-state index is 0.0566.